The molecule has 21 heavy (non-hydrogen) atoms. The van der Waals surface area contributed by atoms with E-state index in [1.807, 2.05) is 0 Å². The van der Waals surface area contributed by atoms with Crippen molar-refractivity contribution in [2.24, 2.45) is 0 Å². The maximum absolute atomic E-state index is 8.52. The van der Waals surface area contributed by atoms with Crippen LogP contribution >= 0.6 is 0 Å². The van der Waals surface area contributed by atoms with E-state index >= 15 is 0 Å². The molecule has 2 N–H and O–H groups in total. The zero-order valence-corrected chi connectivity index (χ0v) is 20.2. The van der Waals surface area contributed by atoms with Gasteiger partial charge in [-0.2, -0.15) is 0 Å². The quantitative estimate of drug-likeness (QED) is 0.466. The monoisotopic (exact) mass is 373 g/mol. The van der Waals surface area contributed by atoms with Crippen LogP contribution < -0.4 is 0 Å². The van der Waals surface area contributed by atoms with Crippen LogP contribution in [0.2, 0.25) is 39.3 Å². The molecule has 2 nitrogen and oxygen atoms in total. The molecule has 0 aromatic heterocycles. The summed E-state index contributed by atoms with van der Waals surface area (Å²) in [5.74, 6) is 0. The first-order chi connectivity index (χ1) is 8.00. The second-order valence-electron chi connectivity index (χ2n) is 9.46. The third-order valence-corrected chi connectivity index (χ3v) is 0. The molecule has 131 valence electrons. The van der Waals surface area contributed by atoms with Gasteiger partial charge in [-0.3, -0.25) is 0 Å². The first-order valence-corrected chi connectivity index (χ1v) is 14.6. The summed E-state index contributed by atoms with van der Waals surface area (Å²) in [6.07, 6.45) is 0. The fourth-order valence-electron chi connectivity index (χ4n) is 0. The minimum absolute atomic E-state index is 0. The van der Waals surface area contributed by atoms with E-state index in [-0.39, 0.29) is 18.6 Å². The average molecular weight is 374 g/mol. The van der Waals surface area contributed by atoms with Gasteiger partial charge in [0.2, 0.25) is 0 Å². The Morgan fingerprint density at radius 3 is 0.571 bits per heavy atom. The third-order valence-electron chi connectivity index (χ3n) is 0. The van der Waals surface area contributed by atoms with Crippen LogP contribution in [0.25, 0.3) is 0 Å². The van der Waals surface area contributed by atoms with E-state index in [0.29, 0.717) is 0 Å². The fourth-order valence-corrected chi connectivity index (χ4v) is 0. The van der Waals surface area contributed by atoms with E-state index in [2.05, 4.69) is 52.4 Å². The van der Waals surface area contributed by atoms with Gasteiger partial charge in [0.1, 0.15) is 0 Å². The fraction of sp³-hybridized carbons (Fsp3) is 0.875. The van der Waals surface area contributed by atoms with Crippen molar-refractivity contribution in [3.05, 3.63) is 13.1 Å². The minimum Gasteiger partial charge on any atom is -0.391 e. The van der Waals surface area contributed by atoms with Gasteiger partial charge in [0, 0.05) is 0 Å². The summed E-state index contributed by atoms with van der Waals surface area (Å²) in [7, 11) is -1.72. The molecule has 0 amide bonds. The Labute approximate surface area is 150 Å². The molecular weight excluding hydrogens is 331 g/mol. The van der Waals surface area contributed by atoms with Crippen LogP contribution in [0.3, 0.4) is 0 Å². The Kier molecular flexibility index (Phi) is 21.4. The van der Waals surface area contributed by atoms with Crippen molar-refractivity contribution in [2.75, 3.05) is 0 Å². The molecule has 0 aliphatic heterocycles. The van der Waals surface area contributed by atoms with Gasteiger partial charge in [-0.1, -0.05) is 39.3 Å². The molecule has 0 fully saturated rings. The molecule has 0 aromatic carbocycles. The Balaban J connectivity index is -0.0000000533. The summed E-state index contributed by atoms with van der Waals surface area (Å²) < 4.78 is 0. The molecule has 0 bridgehead atoms. The van der Waals surface area contributed by atoms with Crippen molar-refractivity contribution < 1.29 is 28.8 Å². The van der Waals surface area contributed by atoms with Crippen LogP contribution in [-0.4, -0.2) is 37.6 Å². The summed E-state index contributed by atoms with van der Waals surface area (Å²) in [5.41, 5.74) is -1.00. The van der Waals surface area contributed by atoms with E-state index < -0.39 is 27.3 Å². The van der Waals surface area contributed by atoms with Gasteiger partial charge >= 0.3 is 18.6 Å². The molecule has 0 aliphatic carbocycles. The number of rotatable bonds is 0. The van der Waals surface area contributed by atoms with Crippen LogP contribution in [0.15, 0.2) is 0 Å². The van der Waals surface area contributed by atoms with Crippen molar-refractivity contribution in [3.63, 3.8) is 0 Å². The summed E-state index contributed by atoms with van der Waals surface area (Å²) in [4.78, 5) is 0. The molecule has 0 saturated carbocycles. The van der Waals surface area contributed by atoms with E-state index in [1.54, 1.807) is 41.5 Å². The predicted molar refractivity (Wildman–Crippen MR) is 101 cm³/mol. The van der Waals surface area contributed by atoms with Crippen LogP contribution in [0.1, 0.15) is 41.5 Å². The summed E-state index contributed by atoms with van der Waals surface area (Å²) in [6, 6.07) is 0. The standard InChI is InChI=1S/2C4H10O.2C4H11Si.V/c2*1-4(2,3)5;2*1-5(2,3)4;/h2*5H,1-3H3;2*1H2,2-4H3;/q;;2*-1;+2. The molecule has 0 saturated heterocycles. The van der Waals surface area contributed by atoms with Crippen molar-refractivity contribution in [2.45, 2.75) is 92.0 Å². The maximum atomic E-state index is 8.52. The summed E-state index contributed by atoms with van der Waals surface area (Å²) in [5, 5.41) is 17.0. The van der Waals surface area contributed by atoms with Gasteiger partial charge in [0.15, 0.2) is 0 Å². The van der Waals surface area contributed by atoms with E-state index in [9.17, 15) is 0 Å². The van der Waals surface area contributed by atoms with Gasteiger partial charge < -0.3 is 23.3 Å². The smallest absolute Gasteiger partial charge is 0.391 e. The van der Waals surface area contributed by atoms with Crippen molar-refractivity contribution in [1.82, 2.24) is 0 Å². The molecule has 0 unspecified atom stereocenters. The second-order valence-corrected chi connectivity index (χ2v) is 19.7. The molecule has 0 heterocycles. The Bertz CT molecular complexity index is 134. The molecular formula is C16H42O2Si2V. The summed E-state index contributed by atoms with van der Waals surface area (Å²) in [6.45, 7) is 31.6. The molecule has 1 radical (unpaired) electrons. The van der Waals surface area contributed by atoms with Gasteiger partial charge in [0.25, 0.3) is 0 Å². The largest absolute Gasteiger partial charge is 2.00 e. The average Bonchev–Trinajstić information content (AvgIpc) is 1.62. The topological polar surface area (TPSA) is 40.5 Å². The van der Waals surface area contributed by atoms with Crippen LogP contribution in [-0.2, 0) is 18.6 Å². The molecule has 0 atom stereocenters. The summed E-state index contributed by atoms with van der Waals surface area (Å²) >= 11 is 0. The normalized spacial score (nSPS) is 11.4. The number of aliphatic hydroxyl groups is 2. The van der Waals surface area contributed by atoms with Gasteiger partial charge in [-0.25, -0.2) is 0 Å². The van der Waals surface area contributed by atoms with E-state index in [1.165, 1.54) is 0 Å². The van der Waals surface area contributed by atoms with Crippen molar-refractivity contribution >= 4 is 16.1 Å². The van der Waals surface area contributed by atoms with Gasteiger partial charge in [-0.15, -0.1) is 16.1 Å². The van der Waals surface area contributed by atoms with Crippen molar-refractivity contribution in [3.8, 4) is 0 Å². The van der Waals surface area contributed by atoms with Crippen LogP contribution in [0.4, 0.5) is 0 Å². The zero-order chi connectivity index (χ0) is 18.0. The van der Waals surface area contributed by atoms with Crippen LogP contribution in [0.5, 0.6) is 0 Å². The van der Waals surface area contributed by atoms with Gasteiger partial charge in [-0.05, 0) is 41.5 Å². The first kappa shape index (κ1) is 33.5. The molecule has 0 aliphatic rings. The second kappa shape index (κ2) is 13.4. The number of hydrogen-bond acceptors (Lipinski definition) is 2. The van der Waals surface area contributed by atoms with Crippen molar-refractivity contribution in [1.29, 1.82) is 0 Å². The minimum atomic E-state index is -0.861. The third kappa shape index (κ3) is 8530. The molecule has 0 rings (SSSR count). The molecule has 0 spiro atoms. The van der Waals surface area contributed by atoms with Gasteiger partial charge in [0.05, 0.1) is 11.2 Å². The number of hydrogen-bond donors (Lipinski definition) is 2. The molecule has 0 aromatic rings. The Hall–Kier alpha value is 0.938. The van der Waals surface area contributed by atoms with Crippen LogP contribution in [0, 0.1) is 13.1 Å². The SMILES string of the molecule is CC(C)(C)O.CC(C)(C)O.[CH2-][Si](C)(C)C.[CH2-][Si](C)(C)C.[V+2]. The Morgan fingerprint density at radius 2 is 0.571 bits per heavy atom. The van der Waals surface area contributed by atoms with E-state index in [0.717, 1.165) is 0 Å². The van der Waals surface area contributed by atoms with E-state index in [4.69, 9.17) is 10.2 Å². The zero-order valence-electron chi connectivity index (χ0n) is 16.8. The predicted octanol–water partition coefficient (Wildman–Crippen LogP) is 4.95. The Morgan fingerprint density at radius 1 is 0.571 bits per heavy atom. The maximum Gasteiger partial charge on any atom is 2.00 e. The first-order valence-electron chi connectivity index (χ1n) is 7.15. The molecule has 5 heteroatoms.